The van der Waals surface area contributed by atoms with E-state index in [0.29, 0.717) is 12.5 Å². The molecule has 2 unspecified atom stereocenters. The molecule has 0 spiro atoms. The Morgan fingerprint density at radius 1 is 1.17 bits per heavy atom. The number of benzene rings is 1. The number of hydrogen-bond donors (Lipinski definition) is 1. The molecule has 1 fully saturated rings. The maximum atomic E-state index is 12.6. The molecule has 0 saturated carbocycles. The monoisotopic (exact) mass is 342 g/mol. The normalized spacial score (nSPS) is 21.8. The number of piperidine rings is 1. The fourth-order valence-electron chi connectivity index (χ4n) is 3.36. The van der Waals surface area contributed by atoms with Gasteiger partial charge in [-0.05, 0) is 34.4 Å². The highest BCUT2D eigenvalue weighted by Gasteiger charge is 2.30. The number of nitrogens with two attached hydrogens (primary N) is 1. The highest BCUT2D eigenvalue weighted by atomic mass is 32.1. The molecule has 1 saturated heterocycles. The van der Waals surface area contributed by atoms with Crippen LogP contribution in [0.25, 0.3) is 0 Å². The van der Waals surface area contributed by atoms with Crippen molar-refractivity contribution in [3.8, 4) is 0 Å². The van der Waals surface area contributed by atoms with Crippen LogP contribution in [0.1, 0.15) is 53.9 Å². The summed E-state index contributed by atoms with van der Waals surface area (Å²) in [5.41, 5.74) is 9.02. The molecule has 3 nitrogen and oxygen atoms in total. The third kappa shape index (κ3) is 3.70. The second-order valence-corrected chi connectivity index (χ2v) is 8.70. The maximum Gasteiger partial charge on any atom is 0.263 e. The van der Waals surface area contributed by atoms with Gasteiger partial charge in [-0.25, -0.2) is 0 Å². The van der Waals surface area contributed by atoms with Gasteiger partial charge in [0.15, 0.2) is 0 Å². The molecule has 4 heteroatoms. The summed E-state index contributed by atoms with van der Waals surface area (Å²) in [6, 6.07) is 12.7. The molecular formula is C20H26N2OS. The number of amides is 1. The Morgan fingerprint density at radius 2 is 1.88 bits per heavy atom. The number of likely N-dealkylation sites (tertiary alicyclic amines) is 1. The first-order chi connectivity index (χ1) is 11.3. The summed E-state index contributed by atoms with van der Waals surface area (Å²) in [7, 11) is 0. The zero-order valence-electron chi connectivity index (χ0n) is 14.7. The van der Waals surface area contributed by atoms with Gasteiger partial charge in [0.05, 0.1) is 4.88 Å². The summed E-state index contributed by atoms with van der Waals surface area (Å²) in [6.07, 6.45) is 0.934. The van der Waals surface area contributed by atoms with Crippen LogP contribution in [0.2, 0.25) is 0 Å². The Labute approximate surface area is 148 Å². The second-order valence-electron chi connectivity index (χ2n) is 7.75. The molecule has 0 radical (unpaired) electrons. The molecule has 2 atom stereocenters. The molecule has 2 aromatic rings. The van der Waals surface area contributed by atoms with Gasteiger partial charge >= 0.3 is 0 Å². The van der Waals surface area contributed by atoms with E-state index in [0.717, 1.165) is 17.8 Å². The third-order valence-corrected chi connectivity index (χ3v) is 5.61. The molecule has 1 aromatic carbocycles. The van der Waals surface area contributed by atoms with E-state index in [2.05, 4.69) is 45.0 Å². The summed E-state index contributed by atoms with van der Waals surface area (Å²) in [6.45, 7) is 8.06. The summed E-state index contributed by atoms with van der Waals surface area (Å²) < 4.78 is 0. The molecule has 24 heavy (non-hydrogen) atoms. The topological polar surface area (TPSA) is 46.3 Å². The minimum atomic E-state index is 0.0370. The molecule has 3 rings (SSSR count). The Hall–Kier alpha value is -1.65. The van der Waals surface area contributed by atoms with Crippen LogP contribution in [0.4, 0.5) is 0 Å². The number of hydrogen-bond acceptors (Lipinski definition) is 3. The molecule has 2 N–H and O–H groups in total. The van der Waals surface area contributed by atoms with Gasteiger partial charge in [-0.3, -0.25) is 4.79 Å². The van der Waals surface area contributed by atoms with Gasteiger partial charge in [-0.1, -0.05) is 51.1 Å². The summed E-state index contributed by atoms with van der Waals surface area (Å²) in [4.78, 5) is 15.4. The van der Waals surface area contributed by atoms with Gasteiger partial charge in [0.1, 0.15) is 0 Å². The molecule has 128 valence electrons. The van der Waals surface area contributed by atoms with E-state index in [9.17, 15) is 4.79 Å². The minimum absolute atomic E-state index is 0.0370. The number of carbonyl (C=O) groups is 1. The average Bonchev–Trinajstić information content (AvgIpc) is 3.07. The van der Waals surface area contributed by atoms with Crippen molar-refractivity contribution in [1.29, 1.82) is 0 Å². The van der Waals surface area contributed by atoms with E-state index >= 15 is 0 Å². The fourth-order valence-corrected chi connectivity index (χ4v) is 4.05. The Bertz CT molecular complexity index is 685. The van der Waals surface area contributed by atoms with Crippen LogP contribution in [-0.4, -0.2) is 29.9 Å². The number of nitrogens with zero attached hydrogens (tertiary/aromatic N) is 1. The smallest absolute Gasteiger partial charge is 0.263 e. The molecule has 1 amide bonds. The van der Waals surface area contributed by atoms with Crippen LogP contribution in [0.3, 0.4) is 0 Å². The van der Waals surface area contributed by atoms with E-state index in [1.54, 1.807) is 0 Å². The lowest BCUT2D eigenvalue weighted by Gasteiger charge is -2.36. The summed E-state index contributed by atoms with van der Waals surface area (Å²) in [5, 5.41) is 1.94. The number of carbonyl (C=O) groups excluding carboxylic acids is 1. The van der Waals surface area contributed by atoms with Crippen LogP contribution in [0.15, 0.2) is 41.8 Å². The van der Waals surface area contributed by atoms with Crippen molar-refractivity contribution in [2.24, 2.45) is 5.73 Å². The first-order valence-corrected chi connectivity index (χ1v) is 9.41. The molecule has 1 aliphatic rings. The number of thiophene rings is 1. The Kier molecular flexibility index (Phi) is 4.79. The first-order valence-electron chi connectivity index (χ1n) is 8.53. The van der Waals surface area contributed by atoms with Crippen molar-refractivity contribution in [2.45, 2.75) is 44.6 Å². The van der Waals surface area contributed by atoms with Crippen LogP contribution in [0, 0.1) is 0 Å². The van der Waals surface area contributed by atoms with E-state index < -0.39 is 0 Å². The average molecular weight is 343 g/mol. The second kappa shape index (κ2) is 6.69. The fraction of sp³-hybridized carbons (Fsp3) is 0.450. The number of rotatable bonds is 2. The molecule has 0 bridgehead atoms. The van der Waals surface area contributed by atoms with Gasteiger partial charge in [0.2, 0.25) is 0 Å². The van der Waals surface area contributed by atoms with Crippen molar-refractivity contribution in [1.82, 2.24) is 4.90 Å². The van der Waals surface area contributed by atoms with E-state index in [-0.39, 0.29) is 17.4 Å². The molecule has 2 heterocycles. The lowest BCUT2D eigenvalue weighted by molar-refractivity contribution is 0.0694. The highest BCUT2D eigenvalue weighted by molar-refractivity contribution is 7.12. The van der Waals surface area contributed by atoms with E-state index in [1.807, 2.05) is 22.4 Å². The Balaban J connectivity index is 1.77. The lowest BCUT2D eigenvalue weighted by Crippen LogP contribution is -2.48. The van der Waals surface area contributed by atoms with Crippen molar-refractivity contribution in [3.05, 3.63) is 57.8 Å². The predicted octanol–water partition coefficient (Wildman–Crippen LogP) is 4.00. The van der Waals surface area contributed by atoms with Gasteiger partial charge in [-0.15, -0.1) is 11.3 Å². The highest BCUT2D eigenvalue weighted by Crippen LogP contribution is 2.30. The molecule has 1 aliphatic heterocycles. The SMILES string of the molecule is CC(C)(C)c1ccc(C2CC(N)CN(C(=O)c3cccs3)C2)cc1. The quantitative estimate of drug-likeness (QED) is 0.896. The standard InChI is InChI=1S/C20H26N2OS/c1-20(2,3)16-8-6-14(7-9-16)15-11-17(21)13-22(12-15)19(23)18-5-4-10-24-18/h4-10,15,17H,11-13,21H2,1-3H3. The van der Waals surface area contributed by atoms with Crippen LogP contribution in [0.5, 0.6) is 0 Å². The molecule has 0 aliphatic carbocycles. The zero-order chi connectivity index (χ0) is 17.3. The van der Waals surface area contributed by atoms with Crippen molar-refractivity contribution in [2.75, 3.05) is 13.1 Å². The van der Waals surface area contributed by atoms with Crippen LogP contribution >= 0.6 is 11.3 Å². The summed E-state index contributed by atoms with van der Waals surface area (Å²) in [5.74, 6) is 0.420. The molecular weight excluding hydrogens is 316 g/mol. The van der Waals surface area contributed by atoms with Crippen molar-refractivity contribution >= 4 is 17.2 Å². The van der Waals surface area contributed by atoms with Gasteiger partial charge < -0.3 is 10.6 Å². The zero-order valence-corrected chi connectivity index (χ0v) is 15.5. The minimum Gasteiger partial charge on any atom is -0.336 e. The predicted molar refractivity (Wildman–Crippen MR) is 101 cm³/mol. The van der Waals surface area contributed by atoms with Crippen LogP contribution in [-0.2, 0) is 5.41 Å². The van der Waals surface area contributed by atoms with E-state index in [1.165, 1.54) is 22.5 Å². The summed E-state index contributed by atoms with van der Waals surface area (Å²) >= 11 is 1.50. The van der Waals surface area contributed by atoms with Crippen molar-refractivity contribution < 1.29 is 4.79 Å². The van der Waals surface area contributed by atoms with Gasteiger partial charge in [-0.2, -0.15) is 0 Å². The largest absolute Gasteiger partial charge is 0.336 e. The first kappa shape index (κ1) is 17.2. The van der Waals surface area contributed by atoms with Crippen molar-refractivity contribution in [3.63, 3.8) is 0 Å². The van der Waals surface area contributed by atoms with Crippen LogP contribution < -0.4 is 5.73 Å². The maximum absolute atomic E-state index is 12.6. The van der Waals surface area contributed by atoms with Gasteiger partial charge in [0, 0.05) is 25.0 Å². The van der Waals surface area contributed by atoms with E-state index in [4.69, 9.17) is 5.73 Å². The third-order valence-electron chi connectivity index (χ3n) is 4.75. The van der Waals surface area contributed by atoms with Gasteiger partial charge in [0.25, 0.3) is 5.91 Å². The lowest BCUT2D eigenvalue weighted by atomic mass is 9.83. The molecule has 1 aromatic heterocycles. The Morgan fingerprint density at radius 3 is 2.46 bits per heavy atom.